The second-order valence-electron chi connectivity index (χ2n) is 6.32. The Kier molecular flexibility index (Phi) is 3.94. The summed E-state index contributed by atoms with van der Waals surface area (Å²) in [6.45, 7) is 7.83. The van der Waals surface area contributed by atoms with Gasteiger partial charge in [0.25, 0.3) is 10.0 Å². The topological polar surface area (TPSA) is 83.9 Å². The van der Waals surface area contributed by atoms with Gasteiger partial charge in [-0.1, -0.05) is 0 Å². The van der Waals surface area contributed by atoms with E-state index in [1.165, 1.54) is 16.4 Å². The standard InChI is InChI=1S/C13H19NO5S2/c1-12(2)7-14(8-13(3,4)19-12)21(17,18)10-6-5-9(20-10)11(15)16/h5-6H,7-8H2,1-4H3,(H,15,16). The Labute approximate surface area is 128 Å². The molecule has 0 unspecified atom stereocenters. The summed E-state index contributed by atoms with van der Waals surface area (Å²) < 4.78 is 32.7. The first kappa shape index (κ1) is 16.4. The van der Waals surface area contributed by atoms with Gasteiger partial charge < -0.3 is 9.84 Å². The second kappa shape index (κ2) is 5.05. The highest BCUT2D eigenvalue weighted by Crippen LogP contribution is 2.33. The lowest BCUT2D eigenvalue weighted by Gasteiger charge is -2.46. The van der Waals surface area contributed by atoms with Crippen LogP contribution in [-0.4, -0.2) is 48.1 Å². The Hall–Kier alpha value is -0.960. The Morgan fingerprint density at radius 2 is 1.76 bits per heavy atom. The molecule has 0 spiro atoms. The fraction of sp³-hybridized carbons (Fsp3) is 0.615. The summed E-state index contributed by atoms with van der Waals surface area (Å²) in [6.07, 6.45) is 0. The molecule has 0 bridgehead atoms. The van der Waals surface area contributed by atoms with Crippen molar-refractivity contribution in [3.05, 3.63) is 17.0 Å². The molecule has 118 valence electrons. The largest absolute Gasteiger partial charge is 0.477 e. The van der Waals surface area contributed by atoms with Crippen molar-refractivity contribution in [2.45, 2.75) is 43.1 Å². The van der Waals surface area contributed by atoms with Crippen LogP contribution in [0.15, 0.2) is 16.3 Å². The zero-order valence-corrected chi connectivity index (χ0v) is 14.0. The van der Waals surface area contributed by atoms with E-state index in [0.29, 0.717) is 0 Å². The van der Waals surface area contributed by atoms with Crippen LogP contribution >= 0.6 is 11.3 Å². The quantitative estimate of drug-likeness (QED) is 0.915. The normalized spacial score (nSPS) is 22.1. The summed E-state index contributed by atoms with van der Waals surface area (Å²) in [4.78, 5) is 10.9. The molecule has 0 amide bonds. The Balaban J connectivity index is 2.36. The number of rotatable bonds is 3. The van der Waals surface area contributed by atoms with Crippen molar-refractivity contribution in [2.24, 2.45) is 0 Å². The third kappa shape index (κ3) is 3.45. The van der Waals surface area contributed by atoms with Crippen molar-refractivity contribution in [1.29, 1.82) is 0 Å². The summed E-state index contributed by atoms with van der Waals surface area (Å²) >= 11 is 0.772. The minimum absolute atomic E-state index is 0.0142. The smallest absolute Gasteiger partial charge is 0.345 e. The highest BCUT2D eigenvalue weighted by Gasteiger charge is 2.43. The molecule has 1 N–H and O–H groups in total. The van der Waals surface area contributed by atoms with Crippen molar-refractivity contribution < 1.29 is 23.1 Å². The number of aromatic carboxylic acids is 1. The number of hydrogen-bond donors (Lipinski definition) is 1. The van der Waals surface area contributed by atoms with Gasteiger partial charge in [-0.25, -0.2) is 13.2 Å². The maximum absolute atomic E-state index is 12.7. The third-order valence-electron chi connectivity index (χ3n) is 3.05. The van der Waals surface area contributed by atoms with E-state index in [1.807, 2.05) is 27.7 Å². The van der Waals surface area contributed by atoms with Gasteiger partial charge in [-0.15, -0.1) is 11.3 Å². The number of hydrogen-bond acceptors (Lipinski definition) is 5. The number of ether oxygens (including phenoxy) is 1. The van der Waals surface area contributed by atoms with Crippen LogP contribution in [0.4, 0.5) is 0 Å². The first-order valence-electron chi connectivity index (χ1n) is 6.46. The van der Waals surface area contributed by atoms with Crippen LogP contribution in [-0.2, 0) is 14.8 Å². The predicted molar refractivity (Wildman–Crippen MR) is 79.3 cm³/mol. The van der Waals surface area contributed by atoms with Gasteiger partial charge in [-0.3, -0.25) is 0 Å². The van der Waals surface area contributed by atoms with E-state index in [1.54, 1.807) is 0 Å². The highest BCUT2D eigenvalue weighted by atomic mass is 32.2. The molecule has 0 saturated carbocycles. The van der Waals surface area contributed by atoms with Crippen molar-refractivity contribution in [3.63, 3.8) is 0 Å². The summed E-state index contributed by atoms with van der Waals surface area (Å²) in [6, 6.07) is 2.66. The molecule has 1 aliphatic heterocycles. The second-order valence-corrected chi connectivity index (χ2v) is 9.57. The van der Waals surface area contributed by atoms with E-state index >= 15 is 0 Å². The summed E-state index contributed by atoms with van der Waals surface area (Å²) in [5.41, 5.74) is -1.19. The molecule has 1 saturated heterocycles. The Morgan fingerprint density at radius 3 is 2.19 bits per heavy atom. The SMILES string of the molecule is CC1(C)CN(S(=O)(=O)c2ccc(C(=O)O)s2)CC(C)(C)O1. The Morgan fingerprint density at radius 1 is 1.24 bits per heavy atom. The van der Waals surface area contributed by atoms with Crippen molar-refractivity contribution in [1.82, 2.24) is 4.31 Å². The zero-order chi connectivity index (χ0) is 16.1. The monoisotopic (exact) mass is 333 g/mol. The van der Waals surface area contributed by atoms with E-state index in [2.05, 4.69) is 0 Å². The van der Waals surface area contributed by atoms with Gasteiger partial charge in [0.05, 0.1) is 11.2 Å². The molecule has 8 heteroatoms. The fourth-order valence-electron chi connectivity index (χ4n) is 2.59. The Bertz CT molecular complexity index is 644. The molecule has 1 aromatic heterocycles. The summed E-state index contributed by atoms with van der Waals surface area (Å²) in [5, 5.41) is 8.92. The van der Waals surface area contributed by atoms with Crippen LogP contribution in [0.25, 0.3) is 0 Å². The van der Waals surface area contributed by atoms with E-state index in [0.717, 1.165) is 11.3 Å². The van der Waals surface area contributed by atoms with Gasteiger partial charge in [0, 0.05) is 13.1 Å². The molecule has 0 atom stereocenters. The first-order chi connectivity index (χ1) is 9.43. The van der Waals surface area contributed by atoms with E-state index < -0.39 is 27.2 Å². The maximum Gasteiger partial charge on any atom is 0.345 e. The van der Waals surface area contributed by atoms with Gasteiger partial charge in [0.1, 0.15) is 9.09 Å². The number of sulfonamides is 1. The average molecular weight is 333 g/mol. The van der Waals surface area contributed by atoms with Crippen molar-refractivity contribution >= 4 is 27.3 Å². The van der Waals surface area contributed by atoms with E-state index in [-0.39, 0.29) is 22.2 Å². The highest BCUT2D eigenvalue weighted by molar-refractivity contribution is 7.91. The number of carboxylic acids is 1. The van der Waals surface area contributed by atoms with Crippen LogP contribution < -0.4 is 0 Å². The number of carboxylic acid groups (broad SMARTS) is 1. The van der Waals surface area contributed by atoms with E-state index in [9.17, 15) is 13.2 Å². The molecule has 0 aromatic carbocycles. The molecule has 2 heterocycles. The van der Waals surface area contributed by atoms with Gasteiger partial charge >= 0.3 is 5.97 Å². The van der Waals surface area contributed by atoms with Crippen LogP contribution in [0.5, 0.6) is 0 Å². The predicted octanol–water partition coefficient (Wildman–Crippen LogP) is 2.02. The van der Waals surface area contributed by atoms with Gasteiger partial charge in [0.2, 0.25) is 0 Å². The minimum atomic E-state index is -3.71. The van der Waals surface area contributed by atoms with Crippen LogP contribution in [0.1, 0.15) is 37.4 Å². The lowest BCUT2D eigenvalue weighted by molar-refractivity contribution is -0.163. The molecule has 6 nitrogen and oxygen atoms in total. The molecular formula is C13H19NO5S2. The number of thiophene rings is 1. The summed E-state index contributed by atoms with van der Waals surface area (Å²) in [7, 11) is -3.71. The van der Waals surface area contributed by atoms with Gasteiger partial charge in [0.15, 0.2) is 0 Å². The van der Waals surface area contributed by atoms with Gasteiger partial charge in [-0.2, -0.15) is 4.31 Å². The number of nitrogens with zero attached hydrogens (tertiary/aromatic N) is 1. The molecule has 0 radical (unpaired) electrons. The first-order valence-corrected chi connectivity index (χ1v) is 8.72. The molecule has 1 fully saturated rings. The van der Waals surface area contributed by atoms with Crippen LogP contribution in [0, 0.1) is 0 Å². The maximum atomic E-state index is 12.7. The third-order valence-corrected chi connectivity index (χ3v) is 6.39. The molecular weight excluding hydrogens is 314 g/mol. The average Bonchev–Trinajstić information content (AvgIpc) is 2.74. The molecule has 2 rings (SSSR count). The molecule has 21 heavy (non-hydrogen) atoms. The van der Waals surface area contributed by atoms with Crippen LogP contribution in [0.3, 0.4) is 0 Å². The fourth-order valence-corrected chi connectivity index (χ4v) is 5.63. The van der Waals surface area contributed by atoms with E-state index in [4.69, 9.17) is 9.84 Å². The number of morpholine rings is 1. The minimum Gasteiger partial charge on any atom is -0.477 e. The molecule has 1 aromatic rings. The van der Waals surface area contributed by atoms with Gasteiger partial charge in [-0.05, 0) is 39.8 Å². The molecule has 0 aliphatic carbocycles. The summed E-state index contributed by atoms with van der Waals surface area (Å²) in [5.74, 6) is -1.12. The zero-order valence-electron chi connectivity index (χ0n) is 12.4. The van der Waals surface area contributed by atoms with Crippen molar-refractivity contribution in [3.8, 4) is 0 Å². The lowest BCUT2D eigenvalue weighted by atomic mass is 10.0. The van der Waals surface area contributed by atoms with Crippen LogP contribution in [0.2, 0.25) is 0 Å². The van der Waals surface area contributed by atoms with Crippen molar-refractivity contribution in [2.75, 3.05) is 13.1 Å². The lowest BCUT2D eigenvalue weighted by Crippen LogP contribution is -2.58. The number of carbonyl (C=O) groups is 1. The molecule has 1 aliphatic rings.